The summed E-state index contributed by atoms with van der Waals surface area (Å²) in [6.07, 6.45) is 4.32. The third-order valence-electron chi connectivity index (χ3n) is 5.57. The second kappa shape index (κ2) is 5.68. The zero-order valence-corrected chi connectivity index (χ0v) is 15.3. The van der Waals surface area contributed by atoms with Crippen LogP contribution in [0.1, 0.15) is 25.3 Å². The Labute approximate surface area is 163 Å². The number of carbonyl (C=O) groups excluding carboxylic acids is 1. The predicted octanol–water partition coefficient (Wildman–Crippen LogP) is 5.11. The Kier molecular flexibility index (Phi) is 3.51. The van der Waals surface area contributed by atoms with E-state index in [1.165, 1.54) is 30.5 Å². The van der Waals surface area contributed by atoms with Crippen molar-refractivity contribution in [3.63, 3.8) is 0 Å². The number of alkyl halides is 2. The summed E-state index contributed by atoms with van der Waals surface area (Å²) < 4.78 is 58.4. The van der Waals surface area contributed by atoms with Crippen molar-refractivity contribution in [2.75, 3.05) is 4.90 Å². The molecular weight excluding hydrogens is 386 g/mol. The van der Waals surface area contributed by atoms with Crippen molar-refractivity contribution in [3.8, 4) is 11.1 Å². The van der Waals surface area contributed by atoms with Crippen molar-refractivity contribution in [1.82, 2.24) is 9.55 Å². The standard InChI is InChI=1S/C21H15F4N3O/c1-20(24,25)14-4-2-12(3-5-14)13-10-15(22)17(16(23)11-13)28-18(29)21(6-7-21)27-9-8-26-19(27)28/h2-5,8-11H,6-7H2,1H3. The molecule has 8 heteroatoms. The van der Waals surface area contributed by atoms with Crippen LogP contribution in [0.5, 0.6) is 0 Å². The van der Waals surface area contributed by atoms with Crippen LogP contribution in [-0.2, 0) is 16.3 Å². The summed E-state index contributed by atoms with van der Waals surface area (Å²) in [5, 5.41) is 0. The number of fused-ring (bicyclic) bond motifs is 2. The lowest BCUT2D eigenvalue weighted by Gasteiger charge is -2.18. The molecule has 0 bridgehead atoms. The van der Waals surface area contributed by atoms with E-state index in [2.05, 4.69) is 4.98 Å². The van der Waals surface area contributed by atoms with Crippen LogP contribution >= 0.6 is 0 Å². The van der Waals surface area contributed by atoms with E-state index in [-0.39, 0.29) is 17.1 Å². The SMILES string of the molecule is CC(F)(F)c1ccc(-c2cc(F)c(N3C(=O)C4(CC4)n4ccnc43)c(F)c2)cc1. The van der Waals surface area contributed by atoms with Gasteiger partial charge in [-0.05, 0) is 36.1 Å². The Balaban J connectivity index is 1.56. The third kappa shape index (κ3) is 2.51. The highest BCUT2D eigenvalue weighted by atomic mass is 19.3. The number of imidazole rings is 1. The van der Waals surface area contributed by atoms with Gasteiger partial charge in [-0.25, -0.2) is 27.4 Å². The Morgan fingerprint density at radius 3 is 2.21 bits per heavy atom. The van der Waals surface area contributed by atoms with Crippen molar-refractivity contribution < 1.29 is 22.4 Å². The van der Waals surface area contributed by atoms with Gasteiger partial charge in [0.15, 0.2) is 11.6 Å². The van der Waals surface area contributed by atoms with Gasteiger partial charge in [-0.2, -0.15) is 0 Å². The number of halogens is 4. The highest BCUT2D eigenvalue weighted by Gasteiger charge is 2.60. The molecule has 0 radical (unpaired) electrons. The van der Waals surface area contributed by atoms with Gasteiger partial charge in [0, 0.05) is 24.9 Å². The van der Waals surface area contributed by atoms with Gasteiger partial charge in [0.1, 0.15) is 11.2 Å². The minimum Gasteiger partial charge on any atom is -0.301 e. The zero-order valence-electron chi connectivity index (χ0n) is 15.3. The van der Waals surface area contributed by atoms with Crippen LogP contribution in [0.2, 0.25) is 0 Å². The molecule has 3 aromatic rings. The molecular formula is C21H15F4N3O. The van der Waals surface area contributed by atoms with E-state index in [4.69, 9.17) is 0 Å². The second-order valence-corrected chi connectivity index (χ2v) is 7.52. The van der Waals surface area contributed by atoms with Gasteiger partial charge < -0.3 is 4.57 Å². The van der Waals surface area contributed by atoms with Crippen LogP contribution in [-0.4, -0.2) is 15.5 Å². The fourth-order valence-electron chi connectivity index (χ4n) is 3.87. The second-order valence-electron chi connectivity index (χ2n) is 7.52. The van der Waals surface area contributed by atoms with Crippen LogP contribution in [0.3, 0.4) is 0 Å². The lowest BCUT2D eigenvalue weighted by Crippen LogP contribution is -2.31. The Hall–Kier alpha value is -3.16. The predicted molar refractivity (Wildman–Crippen MR) is 97.9 cm³/mol. The van der Waals surface area contributed by atoms with Crippen molar-refractivity contribution in [3.05, 3.63) is 66.0 Å². The number of carbonyl (C=O) groups is 1. The molecule has 4 nitrogen and oxygen atoms in total. The van der Waals surface area contributed by atoms with E-state index >= 15 is 0 Å². The van der Waals surface area contributed by atoms with E-state index in [0.717, 1.165) is 24.0 Å². The molecule has 0 unspecified atom stereocenters. The van der Waals surface area contributed by atoms with Gasteiger partial charge in [-0.3, -0.25) is 4.79 Å². The molecule has 0 N–H and O–H groups in total. The number of rotatable bonds is 3. The fourth-order valence-corrected chi connectivity index (χ4v) is 3.87. The molecule has 1 saturated carbocycles. The van der Waals surface area contributed by atoms with Crippen LogP contribution in [0, 0.1) is 11.6 Å². The van der Waals surface area contributed by atoms with E-state index in [1.54, 1.807) is 10.8 Å². The summed E-state index contributed by atoms with van der Waals surface area (Å²) in [6.45, 7) is 0.777. The quantitative estimate of drug-likeness (QED) is 0.572. The zero-order chi connectivity index (χ0) is 20.6. The first kappa shape index (κ1) is 17.9. The number of nitrogens with zero attached hydrogens (tertiary/aromatic N) is 3. The number of benzene rings is 2. The number of aromatic nitrogens is 2. The first-order valence-electron chi connectivity index (χ1n) is 9.08. The molecule has 148 valence electrons. The van der Waals surface area contributed by atoms with Gasteiger partial charge in [0.25, 0.3) is 11.8 Å². The smallest absolute Gasteiger partial charge is 0.270 e. The average molecular weight is 401 g/mol. The molecule has 2 aliphatic rings. The third-order valence-corrected chi connectivity index (χ3v) is 5.57. The maximum absolute atomic E-state index is 15.0. The maximum atomic E-state index is 15.0. The van der Waals surface area contributed by atoms with Crippen LogP contribution in [0.25, 0.3) is 11.1 Å². The highest BCUT2D eigenvalue weighted by Crippen LogP contribution is 2.54. The van der Waals surface area contributed by atoms with Crippen LogP contribution in [0.4, 0.5) is 29.2 Å². The summed E-state index contributed by atoms with van der Waals surface area (Å²) in [4.78, 5) is 17.9. The topological polar surface area (TPSA) is 38.1 Å². The van der Waals surface area contributed by atoms with Gasteiger partial charge in [-0.15, -0.1) is 0 Å². The van der Waals surface area contributed by atoms with E-state index in [9.17, 15) is 22.4 Å². The number of amides is 1. The summed E-state index contributed by atoms with van der Waals surface area (Å²) in [5.41, 5.74) is -0.888. The summed E-state index contributed by atoms with van der Waals surface area (Å²) in [5.74, 6) is -5.07. The molecule has 0 saturated heterocycles. The maximum Gasteiger partial charge on any atom is 0.270 e. The van der Waals surface area contributed by atoms with Gasteiger partial charge >= 0.3 is 0 Å². The largest absolute Gasteiger partial charge is 0.301 e. The first-order chi connectivity index (χ1) is 13.7. The van der Waals surface area contributed by atoms with Crippen LogP contribution < -0.4 is 4.90 Å². The Morgan fingerprint density at radius 1 is 1.03 bits per heavy atom. The normalized spacial score (nSPS) is 17.1. The molecule has 1 amide bonds. The number of anilines is 2. The molecule has 1 spiro atoms. The molecule has 1 aromatic heterocycles. The summed E-state index contributed by atoms with van der Waals surface area (Å²) in [6, 6.07) is 7.39. The summed E-state index contributed by atoms with van der Waals surface area (Å²) >= 11 is 0. The molecule has 1 aliphatic heterocycles. The van der Waals surface area contributed by atoms with Crippen molar-refractivity contribution in [2.24, 2.45) is 0 Å². The first-order valence-corrected chi connectivity index (χ1v) is 9.08. The van der Waals surface area contributed by atoms with E-state index in [0.29, 0.717) is 18.4 Å². The molecule has 2 aromatic carbocycles. The fraction of sp³-hybridized carbons (Fsp3) is 0.238. The Bertz CT molecular complexity index is 1120. The molecule has 29 heavy (non-hydrogen) atoms. The van der Waals surface area contributed by atoms with Crippen molar-refractivity contribution >= 4 is 17.5 Å². The Morgan fingerprint density at radius 2 is 1.66 bits per heavy atom. The van der Waals surface area contributed by atoms with Gasteiger partial charge in [-0.1, -0.05) is 24.3 Å². The molecule has 1 fully saturated rings. The molecule has 2 heterocycles. The monoisotopic (exact) mass is 401 g/mol. The lowest BCUT2D eigenvalue weighted by molar-refractivity contribution is -0.120. The van der Waals surface area contributed by atoms with Gasteiger partial charge in [0.2, 0.25) is 5.95 Å². The molecule has 5 rings (SSSR count). The van der Waals surface area contributed by atoms with Crippen molar-refractivity contribution in [1.29, 1.82) is 0 Å². The highest BCUT2D eigenvalue weighted by molar-refractivity contribution is 6.09. The van der Waals surface area contributed by atoms with E-state index in [1.807, 2.05) is 0 Å². The molecule has 1 aliphatic carbocycles. The van der Waals surface area contributed by atoms with Gasteiger partial charge in [0.05, 0.1) is 0 Å². The van der Waals surface area contributed by atoms with Crippen LogP contribution in [0.15, 0.2) is 48.8 Å². The number of hydrogen-bond acceptors (Lipinski definition) is 2. The lowest BCUT2D eigenvalue weighted by atomic mass is 10.0. The van der Waals surface area contributed by atoms with Crippen molar-refractivity contribution in [2.45, 2.75) is 31.2 Å². The number of hydrogen-bond donors (Lipinski definition) is 0. The minimum atomic E-state index is -3.00. The van der Waals surface area contributed by atoms with E-state index < -0.39 is 34.7 Å². The molecule has 0 atom stereocenters. The minimum absolute atomic E-state index is 0.186. The average Bonchev–Trinajstić information content (AvgIpc) is 3.28. The summed E-state index contributed by atoms with van der Waals surface area (Å²) in [7, 11) is 0.